The summed E-state index contributed by atoms with van der Waals surface area (Å²) in [6.07, 6.45) is -0.468. The molecule has 6 heteroatoms. The molecule has 1 aliphatic heterocycles. The van der Waals surface area contributed by atoms with E-state index in [1.54, 1.807) is 4.90 Å². The highest BCUT2D eigenvalue weighted by Crippen LogP contribution is 2.23. The van der Waals surface area contributed by atoms with Crippen LogP contribution in [-0.2, 0) is 9.53 Å². The Labute approximate surface area is 115 Å². The molecule has 1 amide bonds. The number of aryl methyl sites for hydroxylation is 2. The van der Waals surface area contributed by atoms with Crippen LogP contribution in [0.1, 0.15) is 26.5 Å². The maximum absolute atomic E-state index is 12.3. The lowest BCUT2D eigenvalue weighted by Gasteiger charge is -2.32. The SMILES string of the molecule is Cc1cc(C(=O)N2CCO[C@H](CC(=O)O)C2)sc1C. The molecule has 1 N–H and O–H groups in total. The summed E-state index contributed by atoms with van der Waals surface area (Å²) in [5.74, 6) is -0.929. The lowest BCUT2D eigenvalue weighted by Crippen LogP contribution is -2.46. The van der Waals surface area contributed by atoms with Crippen LogP contribution in [0.2, 0.25) is 0 Å². The average Bonchev–Trinajstić information content (AvgIpc) is 2.68. The molecular weight excluding hydrogens is 266 g/mol. The number of amides is 1. The number of nitrogens with zero attached hydrogens (tertiary/aromatic N) is 1. The minimum Gasteiger partial charge on any atom is -0.481 e. The second kappa shape index (κ2) is 5.71. The van der Waals surface area contributed by atoms with Crippen molar-refractivity contribution in [3.05, 3.63) is 21.4 Å². The van der Waals surface area contributed by atoms with E-state index in [9.17, 15) is 9.59 Å². The molecule has 1 saturated heterocycles. The third-order valence-electron chi connectivity index (χ3n) is 3.21. The Balaban J connectivity index is 2.04. The first-order chi connectivity index (χ1) is 8.97. The minimum absolute atomic E-state index is 0.0279. The van der Waals surface area contributed by atoms with Crippen molar-refractivity contribution in [3.8, 4) is 0 Å². The first-order valence-corrected chi connectivity index (χ1v) is 6.98. The topological polar surface area (TPSA) is 66.8 Å². The first-order valence-electron chi connectivity index (χ1n) is 6.17. The van der Waals surface area contributed by atoms with Crippen LogP contribution in [0.5, 0.6) is 0 Å². The monoisotopic (exact) mass is 283 g/mol. The third-order valence-corrected chi connectivity index (χ3v) is 4.35. The van der Waals surface area contributed by atoms with Crippen LogP contribution in [0.3, 0.4) is 0 Å². The van der Waals surface area contributed by atoms with Crippen LogP contribution >= 0.6 is 11.3 Å². The summed E-state index contributed by atoms with van der Waals surface area (Å²) in [4.78, 5) is 26.5. The zero-order chi connectivity index (χ0) is 14.0. The Morgan fingerprint density at radius 3 is 2.84 bits per heavy atom. The molecule has 1 aromatic heterocycles. The molecule has 0 saturated carbocycles. The number of carboxylic acids is 1. The van der Waals surface area contributed by atoms with Gasteiger partial charge in [0.25, 0.3) is 5.91 Å². The number of thiophene rings is 1. The highest BCUT2D eigenvalue weighted by Gasteiger charge is 2.27. The second-order valence-corrected chi connectivity index (χ2v) is 5.95. The van der Waals surface area contributed by atoms with Gasteiger partial charge in [0.15, 0.2) is 0 Å². The van der Waals surface area contributed by atoms with Gasteiger partial charge in [0, 0.05) is 18.0 Å². The summed E-state index contributed by atoms with van der Waals surface area (Å²) in [6.45, 7) is 5.23. The van der Waals surface area contributed by atoms with Crippen molar-refractivity contribution in [1.82, 2.24) is 4.90 Å². The molecule has 104 valence electrons. The van der Waals surface area contributed by atoms with Gasteiger partial charge in [-0.1, -0.05) is 0 Å². The number of carboxylic acid groups (broad SMARTS) is 1. The molecule has 1 aromatic rings. The van der Waals surface area contributed by atoms with E-state index in [0.29, 0.717) is 24.6 Å². The van der Waals surface area contributed by atoms with E-state index < -0.39 is 12.1 Å². The van der Waals surface area contributed by atoms with Crippen LogP contribution in [0, 0.1) is 13.8 Å². The molecule has 1 aliphatic rings. The summed E-state index contributed by atoms with van der Waals surface area (Å²) in [7, 11) is 0. The number of morpholine rings is 1. The fourth-order valence-corrected chi connectivity index (χ4v) is 3.06. The molecule has 0 unspecified atom stereocenters. The summed E-state index contributed by atoms with van der Waals surface area (Å²) in [6, 6.07) is 1.89. The normalized spacial score (nSPS) is 19.5. The Morgan fingerprint density at radius 2 is 2.26 bits per heavy atom. The lowest BCUT2D eigenvalue weighted by molar-refractivity contribution is -0.141. The van der Waals surface area contributed by atoms with Crippen molar-refractivity contribution < 1.29 is 19.4 Å². The number of hydrogen-bond donors (Lipinski definition) is 1. The van der Waals surface area contributed by atoms with E-state index in [1.807, 2.05) is 19.9 Å². The highest BCUT2D eigenvalue weighted by atomic mass is 32.1. The molecule has 0 radical (unpaired) electrons. The fraction of sp³-hybridized carbons (Fsp3) is 0.538. The largest absolute Gasteiger partial charge is 0.481 e. The van der Waals surface area contributed by atoms with Gasteiger partial charge in [-0.05, 0) is 25.5 Å². The number of carbonyl (C=O) groups is 2. The zero-order valence-electron chi connectivity index (χ0n) is 11.0. The van der Waals surface area contributed by atoms with Gasteiger partial charge in [-0.25, -0.2) is 0 Å². The number of carbonyl (C=O) groups excluding carboxylic acids is 1. The highest BCUT2D eigenvalue weighted by molar-refractivity contribution is 7.14. The van der Waals surface area contributed by atoms with Gasteiger partial charge < -0.3 is 14.7 Å². The van der Waals surface area contributed by atoms with E-state index >= 15 is 0 Å². The third kappa shape index (κ3) is 3.33. The smallest absolute Gasteiger partial charge is 0.306 e. The van der Waals surface area contributed by atoms with Gasteiger partial charge in [-0.3, -0.25) is 9.59 Å². The van der Waals surface area contributed by atoms with E-state index in [-0.39, 0.29) is 12.3 Å². The van der Waals surface area contributed by atoms with E-state index in [1.165, 1.54) is 11.3 Å². The molecule has 0 bridgehead atoms. The van der Waals surface area contributed by atoms with Crippen LogP contribution in [0.25, 0.3) is 0 Å². The van der Waals surface area contributed by atoms with Crippen molar-refractivity contribution in [2.45, 2.75) is 26.4 Å². The molecule has 0 aliphatic carbocycles. The van der Waals surface area contributed by atoms with E-state index in [0.717, 1.165) is 10.4 Å². The number of rotatable bonds is 3. The van der Waals surface area contributed by atoms with Crippen molar-refractivity contribution in [2.75, 3.05) is 19.7 Å². The van der Waals surface area contributed by atoms with Crippen LogP contribution in [-0.4, -0.2) is 47.7 Å². The maximum Gasteiger partial charge on any atom is 0.306 e. The van der Waals surface area contributed by atoms with Gasteiger partial charge in [0.2, 0.25) is 0 Å². The van der Waals surface area contributed by atoms with Crippen molar-refractivity contribution in [2.24, 2.45) is 0 Å². The molecule has 5 nitrogen and oxygen atoms in total. The number of ether oxygens (including phenoxy) is 1. The van der Waals surface area contributed by atoms with Gasteiger partial charge in [0.05, 0.1) is 24.0 Å². The van der Waals surface area contributed by atoms with Gasteiger partial charge in [0.1, 0.15) is 0 Å². The summed E-state index contributed by atoms with van der Waals surface area (Å²) in [5.41, 5.74) is 1.11. The Hall–Kier alpha value is -1.40. The molecule has 1 atom stereocenters. The minimum atomic E-state index is -0.901. The standard InChI is InChI=1S/C13H17NO4S/c1-8-5-11(19-9(8)2)13(17)14-3-4-18-10(7-14)6-12(15)16/h5,10H,3-4,6-7H2,1-2H3,(H,15,16)/t10-/m1/s1. The van der Waals surface area contributed by atoms with Gasteiger partial charge in [-0.15, -0.1) is 11.3 Å². The zero-order valence-corrected chi connectivity index (χ0v) is 11.8. The Morgan fingerprint density at radius 1 is 1.53 bits per heavy atom. The quantitative estimate of drug-likeness (QED) is 0.916. The van der Waals surface area contributed by atoms with Gasteiger partial charge >= 0.3 is 5.97 Å². The molecule has 2 heterocycles. The second-order valence-electron chi connectivity index (χ2n) is 4.69. The van der Waals surface area contributed by atoms with Crippen molar-refractivity contribution >= 4 is 23.2 Å². The molecular formula is C13H17NO4S. The lowest BCUT2D eigenvalue weighted by atomic mass is 10.2. The fourth-order valence-electron chi connectivity index (χ4n) is 2.06. The number of hydrogen-bond acceptors (Lipinski definition) is 4. The van der Waals surface area contributed by atoms with Crippen molar-refractivity contribution in [3.63, 3.8) is 0 Å². The predicted molar refractivity (Wildman–Crippen MR) is 71.7 cm³/mol. The van der Waals surface area contributed by atoms with E-state index in [2.05, 4.69) is 0 Å². The molecule has 1 fully saturated rings. The first kappa shape index (κ1) is 14.0. The van der Waals surface area contributed by atoms with Crippen LogP contribution < -0.4 is 0 Å². The molecule has 0 aromatic carbocycles. The van der Waals surface area contributed by atoms with Crippen LogP contribution in [0.15, 0.2) is 6.07 Å². The van der Waals surface area contributed by atoms with Gasteiger partial charge in [-0.2, -0.15) is 0 Å². The van der Waals surface area contributed by atoms with E-state index in [4.69, 9.17) is 9.84 Å². The average molecular weight is 283 g/mol. The molecule has 2 rings (SSSR count). The van der Waals surface area contributed by atoms with Crippen LogP contribution in [0.4, 0.5) is 0 Å². The summed E-state index contributed by atoms with van der Waals surface area (Å²) < 4.78 is 5.36. The predicted octanol–water partition coefficient (Wildman–Crippen LogP) is 1.68. The Kier molecular flexibility index (Phi) is 4.21. The summed E-state index contributed by atoms with van der Waals surface area (Å²) >= 11 is 1.48. The Bertz CT molecular complexity index is 477. The molecule has 0 spiro atoms. The summed E-state index contributed by atoms with van der Waals surface area (Å²) in [5, 5.41) is 8.77. The van der Waals surface area contributed by atoms with Crippen molar-refractivity contribution in [1.29, 1.82) is 0 Å². The maximum atomic E-state index is 12.3. The number of aliphatic carboxylic acids is 1. The molecule has 19 heavy (non-hydrogen) atoms.